The quantitative estimate of drug-likeness (QED) is 0.682. The molecule has 0 fully saturated rings. The van der Waals surface area contributed by atoms with Crippen molar-refractivity contribution in [2.45, 2.75) is 46.6 Å². The second-order valence-electron chi connectivity index (χ2n) is 2.85. The minimum Gasteiger partial charge on any atom is -0.394 e. The normalized spacial score (nSPS) is 24.4. The van der Waals surface area contributed by atoms with Gasteiger partial charge in [0.15, 0.2) is 0 Å². The average Bonchev–Trinajstić information content (AvgIpc) is 2.54. The van der Waals surface area contributed by atoms with E-state index in [1.807, 2.05) is 52.8 Å². The minimum absolute atomic E-state index is 0.0278. The fourth-order valence-electron chi connectivity index (χ4n) is 0.965. The zero-order valence-corrected chi connectivity index (χ0v) is 9.96. The maximum absolute atomic E-state index is 8.91. The first-order chi connectivity index (χ1) is 6.19. The van der Waals surface area contributed by atoms with Crippen LogP contribution in [0.3, 0.4) is 0 Å². The summed E-state index contributed by atoms with van der Waals surface area (Å²) in [6.45, 7) is 10.3. The van der Waals surface area contributed by atoms with Crippen LogP contribution in [0.5, 0.6) is 0 Å². The maximum Gasteiger partial charge on any atom is 0.0663 e. The van der Waals surface area contributed by atoms with Gasteiger partial charge in [0.05, 0.1) is 12.1 Å². The molecule has 0 amide bonds. The Labute approximate surface area is 83.3 Å². The van der Waals surface area contributed by atoms with Gasteiger partial charge in [-0.05, 0) is 19.5 Å². The van der Waals surface area contributed by atoms with Gasteiger partial charge in [0.1, 0.15) is 0 Å². The van der Waals surface area contributed by atoms with Crippen molar-refractivity contribution in [1.29, 1.82) is 0 Å². The van der Waals surface area contributed by atoms with Crippen molar-refractivity contribution in [2.75, 3.05) is 13.7 Å². The van der Waals surface area contributed by atoms with Crippen LogP contribution in [0.25, 0.3) is 0 Å². The van der Waals surface area contributed by atoms with Crippen LogP contribution < -0.4 is 0 Å². The van der Waals surface area contributed by atoms with Gasteiger partial charge in [-0.1, -0.05) is 33.8 Å². The molecule has 2 nitrogen and oxygen atoms in total. The number of aliphatic hydroxyl groups excluding tert-OH is 1. The van der Waals surface area contributed by atoms with E-state index in [-0.39, 0.29) is 12.1 Å². The molecule has 1 aliphatic heterocycles. The molecule has 1 rings (SSSR count). The molecular weight excluding hydrogens is 162 g/mol. The summed E-state index contributed by atoms with van der Waals surface area (Å²) in [6.07, 6.45) is 5.05. The van der Waals surface area contributed by atoms with Crippen LogP contribution in [-0.2, 0) is 0 Å². The standard InChI is InChI=1S/C7H13NO.2C2H6/c1-7(6-9)4-3-5-8(7)2;2*1-2/h3,5,9H,4,6H2,1-2H3;2*1-2H3. The molecule has 1 atom stereocenters. The van der Waals surface area contributed by atoms with Gasteiger partial charge in [0, 0.05) is 7.05 Å². The van der Waals surface area contributed by atoms with Gasteiger partial charge in [-0.3, -0.25) is 0 Å². The molecule has 0 saturated heterocycles. The summed E-state index contributed by atoms with van der Waals surface area (Å²) in [7, 11) is 1.99. The lowest BCUT2D eigenvalue weighted by atomic mass is 10.0. The Balaban J connectivity index is 0. The summed E-state index contributed by atoms with van der Waals surface area (Å²) in [5, 5.41) is 8.91. The Kier molecular flexibility index (Phi) is 9.36. The van der Waals surface area contributed by atoms with Gasteiger partial charge in [-0.15, -0.1) is 0 Å². The molecule has 1 aliphatic rings. The first kappa shape index (κ1) is 15.0. The molecule has 0 aromatic heterocycles. The van der Waals surface area contributed by atoms with E-state index < -0.39 is 0 Å². The number of aliphatic hydroxyl groups is 1. The van der Waals surface area contributed by atoms with Gasteiger partial charge >= 0.3 is 0 Å². The molecule has 1 N–H and O–H groups in total. The highest BCUT2D eigenvalue weighted by molar-refractivity contribution is 5.04. The van der Waals surface area contributed by atoms with Crippen molar-refractivity contribution >= 4 is 0 Å². The van der Waals surface area contributed by atoms with Gasteiger partial charge in [0.25, 0.3) is 0 Å². The highest BCUT2D eigenvalue weighted by Gasteiger charge is 2.28. The van der Waals surface area contributed by atoms with Crippen LogP contribution in [-0.4, -0.2) is 29.2 Å². The molecule has 80 valence electrons. The zero-order valence-electron chi connectivity index (χ0n) is 9.96. The molecule has 0 aliphatic carbocycles. The van der Waals surface area contributed by atoms with Crippen LogP contribution in [0.15, 0.2) is 12.3 Å². The van der Waals surface area contributed by atoms with Crippen LogP contribution in [0, 0.1) is 0 Å². The van der Waals surface area contributed by atoms with E-state index in [0.29, 0.717) is 0 Å². The Morgan fingerprint density at radius 3 is 1.92 bits per heavy atom. The van der Waals surface area contributed by atoms with Crippen molar-refractivity contribution in [2.24, 2.45) is 0 Å². The van der Waals surface area contributed by atoms with E-state index in [2.05, 4.69) is 6.08 Å². The summed E-state index contributed by atoms with van der Waals surface area (Å²) in [6, 6.07) is 0. The molecule has 0 spiro atoms. The molecule has 1 unspecified atom stereocenters. The van der Waals surface area contributed by atoms with Crippen molar-refractivity contribution < 1.29 is 5.11 Å². The zero-order chi connectivity index (χ0) is 10.9. The largest absolute Gasteiger partial charge is 0.394 e. The summed E-state index contributed by atoms with van der Waals surface area (Å²) in [5.41, 5.74) is -0.0278. The molecule has 13 heavy (non-hydrogen) atoms. The molecule has 1 heterocycles. The van der Waals surface area contributed by atoms with Crippen molar-refractivity contribution in [3.63, 3.8) is 0 Å². The van der Waals surface area contributed by atoms with Crippen LogP contribution in [0.2, 0.25) is 0 Å². The summed E-state index contributed by atoms with van der Waals surface area (Å²) in [5.74, 6) is 0. The van der Waals surface area contributed by atoms with Gasteiger partial charge in [-0.2, -0.15) is 0 Å². The van der Waals surface area contributed by atoms with Crippen molar-refractivity contribution in [3.8, 4) is 0 Å². The Morgan fingerprint density at radius 1 is 1.31 bits per heavy atom. The SMILES string of the molecule is CC.CC.CN1C=CCC1(C)CO. The number of likely N-dealkylation sites (N-methyl/N-ethyl adjacent to an activating group) is 1. The fourth-order valence-corrected chi connectivity index (χ4v) is 0.965. The van der Waals surface area contributed by atoms with Crippen LogP contribution >= 0.6 is 0 Å². The first-order valence-electron chi connectivity index (χ1n) is 5.19. The predicted molar refractivity (Wildman–Crippen MR) is 59.7 cm³/mol. The lowest BCUT2D eigenvalue weighted by molar-refractivity contribution is 0.115. The van der Waals surface area contributed by atoms with E-state index in [4.69, 9.17) is 5.11 Å². The number of hydrogen-bond acceptors (Lipinski definition) is 2. The van der Waals surface area contributed by atoms with Gasteiger partial charge < -0.3 is 10.0 Å². The third kappa shape index (κ3) is 4.32. The molecule has 0 aromatic rings. The average molecular weight is 187 g/mol. The highest BCUT2D eigenvalue weighted by atomic mass is 16.3. The molecule has 0 radical (unpaired) electrons. The fraction of sp³-hybridized carbons (Fsp3) is 0.818. The summed E-state index contributed by atoms with van der Waals surface area (Å²) in [4.78, 5) is 2.05. The monoisotopic (exact) mass is 187 g/mol. The molecule has 0 aromatic carbocycles. The first-order valence-corrected chi connectivity index (χ1v) is 5.19. The second kappa shape index (κ2) is 8.11. The van der Waals surface area contributed by atoms with E-state index in [0.717, 1.165) is 6.42 Å². The second-order valence-corrected chi connectivity index (χ2v) is 2.85. The summed E-state index contributed by atoms with van der Waals surface area (Å²) < 4.78 is 0. The van der Waals surface area contributed by atoms with Crippen LogP contribution in [0.4, 0.5) is 0 Å². The van der Waals surface area contributed by atoms with Crippen molar-refractivity contribution in [3.05, 3.63) is 12.3 Å². The number of rotatable bonds is 1. The Hall–Kier alpha value is -0.500. The van der Waals surface area contributed by atoms with E-state index >= 15 is 0 Å². The smallest absolute Gasteiger partial charge is 0.0663 e. The number of hydrogen-bond donors (Lipinski definition) is 1. The lowest BCUT2D eigenvalue weighted by Crippen LogP contribution is -2.40. The maximum atomic E-state index is 8.91. The van der Waals surface area contributed by atoms with E-state index in [1.54, 1.807) is 0 Å². The molecule has 0 saturated carbocycles. The molecule has 0 bridgehead atoms. The van der Waals surface area contributed by atoms with E-state index in [9.17, 15) is 0 Å². The number of nitrogens with zero attached hydrogens (tertiary/aromatic N) is 1. The van der Waals surface area contributed by atoms with E-state index in [1.165, 1.54) is 0 Å². The minimum atomic E-state index is -0.0278. The van der Waals surface area contributed by atoms with Gasteiger partial charge in [-0.25, -0.2) is 0 Å². The van der Waals surface area contributed by atoms with Gasteiger partial charge in [0.2, 0.25) is 0 Å². The highest BCUT2D eigenvalue weighted by Crippen LogP contribution is 2.23. The molecular formula is C11H25NO. The Morgan fingerprint density at radius 2 is 1.77 bits per heavy atom. The predicted octanol–water partition coefficient (Wildman–Crippen LogP) is 2.64. The van der Waals surface area contributed by atoms with Crippen molar-refractivity contribution in [1.82, 2.24) is 4.90 Å². The molecule has 2 heteroatoms. The van der Waals surface area contributed by atoms with Crippen LogP contribution in [0.1, 0.15) is 41.0 Å². The topological polar surface area (TPSA) is 23.5 Å². The summed E-state index contributed by atoms with van der Waals surface area (Å²) >= 11 is 0. The lowest BCUT2D eigenvalue weighted by Gasteiger charge is -2.30. The third-order valence-electron chi connectivity index (χ3n) is 2.08. The third-order valence-corrected chi connectivity index (χ3v) is 2.08. The Bertz CT molecular complexity index is 134.